The molecule has 0 heterocycles. The van der Waals surface area contributed by atoms with Crippen LogP contribution in [0.4, 0.5) is 0 Å². The molecule has 1 aromatic rings. The summed E-state index contributed by atoms with van der Waals surface area (Å²) in [5, 5.41) is 17.7. The van der Waals surface area contributed by atoms with Gasteiger partial charge >= 0.3 is 0 Å². The van der Waals surface area contributed by atoms with Crippen molar-refractivity contribution in [1.29, 1.82) is 0 Å². The van der Waals surface area contributed by atoms with Gasteiger partial charge in [0.05, 0.1) is 12.7 Å². The van der Waals surface area contributed by atoms with Crippen molar-refractivity contribution in [2.75, 3.05) is 6.61 Å². The topological polar surface area (TPSA) is 40.5 Å². The molecule has 1 atom stereocenters. The van der Waals surface area contributed by atoms with Crippen LogP contribution < -0.4 is 0 Å². The molecule has 0 saturated heterocycles. The first kappa shape index (κ1) is 10.7. The first-order valence-electron chi connectivity index (χ1n) is 4.25. The third-order valence-electron chi connectivity index (χ3n) is 1.89. The zero-order valence-electron chi connectivity index (χ0n) is 7.28. The van der Waals surface area contributed by atoms with Crippen LogP contribution >= 0.6 is 15.9 Å². The third kappa shape index (κ3) is 3.89. The van der Waals surface area contributed by atoms with Gasteiger partial charge in [0.25, 0.3) is 0 Å². The van der Waals surface area contributed by atoms with Crippen molar-refractivity contribution in [3.8, 4) is 0 Å². The smallest absolute Gasteiger partial charge is 0.0774 e. The maximum Gasteiger partial charge on any atom is 0.0774 e. The summed E-state index contributed by atoms with van der Waals surface area (Å²) in [5.74, 6) is 0. The van der Waals surface area contributed by atoms with Crippen molar-refractivity contribution in [1.82, 2.24) is 0 Å². The second-order valence-electron chi connectivity index (χ2n) is 3.00. The Morgan fingerprint density at radius 2 is 1.85 bits per heavy atom. The first-order chi connectivity index (χ1) is 6.22. The quantitative estimate of drug-likeness (QED) is 0.848. The molecule has 2 nitrogen and oxygen atoms in total. The Morgan fingerprint density at radius 3 is 2.38 bits per heavy atom. The summed E-state index contributed by atoms with van der Waals surface area (Å²) in [6, 6.07) is 7.96. The number of rotatable bonds is 4. The Morgan fingerprint density at radius 1 is 1.23 bits per heavy atom. The minimum Gasteiger partial charge on any atom is -0.394 e. The van der Waals surface area contributed by atoms with E-state index in [0.29, 0.717) is 6.42 Å². The highest BCUT2D eigenvalue weighted by atomic mass is 79.9. The maximum atomic E-state index is 9.11. The molecule has 0 fully saturated rings. The Bertz CT molecular complexity index is 246. The van der Waals surface area contributed by atoms with Crippen LogP contribution in [-0.2, 0) is 6.42 Å². The summed E-state index contributed by atoms with van der Waals surface area (Å²) in [4.78, 5) is 0. The molecule has 0 unspecified atom stereocenters. The van der Waals surface area contributed by atoms with Gasteiger partial charge in [-0.3, -0.25) is 0 Å². The molecule has 0 aliphatic rings. The molecule has 0 aliphatic carbocycles. The zero-order valence-corrected chi connectivity index (χ0v) is 8.87. The predicted molar refractivity (Wildman–Crippen MR) is 55.6 cm³/mol. The number of hydrogen-bond acceptors (Lipinski definition) is 2. The largest absolute Gasteiger partial charge is 0.394 e. The monoisotopic (exact) mass is 244 g/mol. The van der Waals surface area contributed by atoms with E-state index in [2.05, 4.69) is 15.9 Å². The Balaban J connectivity index is 2.41. The fourth-order valence-electron chi connectivity index (χ4n) is 1.08. The van der Waals surface area contributed by atoms with Gasteiger partial charge in [-0.1, -0.05) is 28.1 Å². The van der Waals surface area contributed by atoms with Crippen LogP contribution in [0.2, 0.25) is 0 Å². The van der Waals surface area contributed by atoms with Crippen LogP contribution in [0, 0.1) is 0 Å². The standard InChI is InChI=1S/C10H13BrO2/c11-9-4-1-8(2-5-9)3-6-10(13)7-12/h1-2,4-5,10,12-13H,3,6-7H2/t10-/m0/s1. The molecule has 0 spiro atoms. The number of aliphatic hydroxyl groups excluding tert-OH is 2. The van der Waals surface area contributed by atoms with Crippen LogP contribution in [0.1, 0.15) is 12.0 Å². The average Bonchev–Trinajstić information content (AvgIpc) is 2.16. The molecule has 2 N–H and O–H groups in total. The molecule has 13 heavy (non-hydrogen) atoms. The molecule has 1 aromatic carbocycles. The van der Waals surface area contributed by atoms with Gasteiger partial charge in [-0.05, 0) is 30.5 Å². The fraction of sp³-hybridized carbons (Fsp3) is 0.400. The van der Waals surface area contributed by atoms with E-state index >= 15 is 0 Å². The zero-order chi connectivity index (χ0) is 9.68. The van der Waals surface area contributed by atoms with Gasteiger partial charge in [0, 0.05) is 4.47 Å². The molecule has 0 saturated carbocycles. The summed E-state index contributed by atoms with van der Waals surface area (Å²) >= 11 is 3.35. The molecule has 72 valence electrons. The molecule has 0 aliphatic heterocycles. The average molecular weight is 245 g/mol. The van der Waals surface area contributed by atoms with E-state index in [0.717, 1.165) is 10.9 Å². The lowest BCUT2D eigenvalue weighted by molar-refractivity contribution is 0.0886. The van der Waals surface area contributed by atoms with Gasteiger partial charge in [-0.25, -0.2) is 0 Å². The van der Waals surface area contributed by atoms with Crippen molar-refractivity contribution in [2.45, 2.75) is 18.9 Å². The molecule has 0 radical (unpaired) electrons. The summed E-state index contributed by atoms with van der Waals surface area (Å²) in [6.07, 6.45) is 0.816. The fourth-order valence-corrected chi connectivity index (χ4v) is 1.34. The van der Waals surface area contributed by atoms with E-state index in [-0.39, 0.29) is 6.61 Å². The summed E-state index contributed by atoms with van der Waals surface area (Å²) in [5.41, 5.74) is 1.18. The molecule has 0 aromatic heterocycles. The van der Waals surface area contributed by atoms with Gasteiger partial charge in [0.15, 0.2) is 0 Å². The van der Waals surface area contributed by atoms with Crippen LogP contribution in [-0.4, -0.2) is 22.9 Å². The highest BCUT2D eigenvalue weighted by Crippen LogP contribution is 2.12. The van der Waals surface area contributed by atoms with Crippen LogP contribution in [0.5, 0.6) is 0 Å². The van der Waals surface area contributed by atoms with E-state index in [1.54, 1.807) is 0 Å². The summed E-state index contributed by atoms with van der Waals surface area (Å²) in [7, 11) is 0. The number of hydrogen-bond donors (Lipinski definition) is 2. The van der Waals surface area contributed by atoms with Crippen molar-refractivity contribution >= 4 is 15.9 Å². The van der Waals surface area contributed by atoms with E-state index in [4.69, 9.17) is 10.2 Å². The van der Waals surface area contributed by atoms with Gasteiger partial charge in [-0.15, -0.1) is 0 Å². The lowest BCUT2D eigenvalue weighted by atomic mass is 10.1. The molecule has 1 rings (SSSR count). The first-order valence-corrected chi connectivity index (χ1v) is 5.05. The highest BCUT2D eigenvalue weighted by Gasteiger charge is 2.01. The minimum atomic E-state index is -0.594. The number of halogens is 1. The Labute approximate surface area is 86.3 Å². The second kappa shape index (κ2) is 5.37. The van der Waals surface area contributed by atoms with E-state index in [9.17, 15) is 0 Å². The molecule has 0 bridgehead atoms. The van der Waals surface area contributed by atoms with Crippen LogP contribution in [0.25, 0.3) is 0 Å². The predicted octanol–water partition coefficient (Wildman–Crippen LogP) is 1.73. The van der Waals surface area contributed by atoms with Gasteiger partial charge in [0.1, 0.15) is 0 Å². The second-order valence-corrected chi connectivity index (χ2v) is 3.92. The van der Waals surface area contributed by atoms with E-state index < -0.39 is 6.10 Å². The molecule has 0 amide bonds. The lowest BCUT2D eigenvalue weighted by Gasteiger charge is -2.06. The van der Waals surface area contributed by atoms with Gasteiger partial charge < -0.3 is 10.2 Å². The van der Waals surface area contributed by atoms with Crippen LogP contribution in [0.15, 0.2) is 28.7 Å². The van der Waals surface area contributed by atoms with E-state index in [1.807, 2.05) is 24.3 Å². The van der Waals surface area contributed by atoms with Crippen molar-refractivity contribution < 1.29 is 10.2 Å². The lowest BCUT2D eigenvalue weighted by Crippen LogP contribution is -2.12. The van der Waals surface area contributed by atoms with Crippen molar-refractivity contribution in [3.63, 3.8) is 0 Å². The number of aryl methyl sites for hydroxylation is 1. The third-order valence-corrected chi connectivity index (χ3v) is 2.42. The molecular weight excluding hydrogens is 232 g/mol. The number of benzene rings is 1. The van der Waals surface area contributed by atoms with Crippen LogP contribution in [0.3, 0.4) is 0 Å². The maximum absolute atomic E-state index is 9.11. The minimum absolute atomic E-state index is 0.156. The van der Waals surface area contributed by atoms with Gasteiger partial charge in [0.2, 0.25) is 0 Å². The summed E-state index contributed by atoms with van der Waals surface area (Å²) in [6.45, 7) is -0.156. The van der Waals surface area contributed by atoms with E-state index in [1.165, 1.54) is 5.56 Å². The molecule has 3 heteroatoms. The SMILES string of the molecule is OC[C@@H](O)CCc1ccc(Br)cc1. The normalized spacial score (nSPS) is 12.8. The van der Waals surface area contributed by atoms with Crippen molar-refractivity contribution in [2.24, 2.45) is 0 Å². The summed E-state index contributed by atoms with van der Waals surface area (Å²) < 4.78 is 1.05. The van der Waals surface area contributed by atoms with Crippen molar-refractivity contribution in [3.05, 3.63) is 34.3 Å². The van der Waals surface area contributed by atoms with Gasteiger partial charge in [-0.2, -0.15) is 0 Å². The highest BCUT2D eigenvalue weighted by molar-refractivity contribution is 9.10. The number of aliphatic hydroxyl groups is 2. The molecular formula is C10H13BrO2. The Kier molecular flexibility index (Phi) is 4.42. The Hall–Kier alpha value is -0.380.